The van der Waals surface area contributed by atoms with E-state index >= 15 is 0 Å². The summed E-state index contributed by atoms with van der Waals surface area (Å²) in [6, 6.07) is 0. The Morgan fingerprint density at radius 3 is 0.574 bits per heavy atom. The second-order valence-corrected chi connectivity index (χ2v) is 17.1. The zero-order valence-electron chi connectivity index (χ0n) is 40.6. The molecule has 0 aliphatic carbocycles. The number of carboxylic acids is 3. The average molecular weight is 984 g/mol. The third-order valence-corrected chi connectivity index (χ3v) is 10.9. The van der Waals surface area contributed by atoms with Crippen LogP contribution in [0.3, 0.4) is 0 Å². The number of carboxylic acid groups (broad SMARTS) is 3. The van der Waals surface area contributed by atoms with Gasteiger partial charge in [-0.05, 0) is 116 Å². The van der Waals surface area contributed by atoms with Gasteiger partial charge in [0.25, 0.3) is 0 Å². The van der Waals surface area contributed by atoms with E-state index < -0.39 is 17.9 Å². The van der Waals surface area contributed by atoms with Crippen LogP contribution in [0, 0.1) is 41.7 Å². The molecule has 0 aromatic carbocycles. The Hall–Kier alpha value is -0.993. The summed E-state index contributed by atoms with van der Waals surface area (Å²) >= 11 is 0. The standard InChI is InChI=1S/3C18H34O2.Ce/c3*1-2-3-4-5-6-7-8-9-10-11-12-13-14-15-16-17-18(19)20;/h3*9-10H,2-8,11-17H2,1H3,(H,19,20);/q;;;+3/p-3/b3*10-9-;. The van der Waals surface area contributed by atoms with Crippen molar-refractivity contribution in [3.63, 3.8) is 0 Å². The molecule has 0 amide bonds. The zero-order valence-corrected chi connectivity index (χ0v) is 43.8. The van der Waals surface area contributed by atoms with E-state index in [1.807, 2.05) is 0 Å². The molecular weight excluding hydrogens is 885 g/mol. The number of aliphatic carboxylic acids is 3. The summed E-state index contributed by atoms with van der Waals surface area (Å²) in [5.74, 6) is -2.74. The van der Waals surface area contributed by atoms with Crippen molar-refractivity contribution < 1.29 is 71.5 Å². The fourth-order valence-electron chi connectivity index (χ4n) is 7.02. The van der Waals surface area contributed by atoms with Gasteiger partial charge in [-0.1, -0.05) is 211 Å². The topological polar surface area (TPSA) is 120 Å². The third kappa shape index (κ3) is 76.7. The van der Waals surface area contributed by atoms with Crippen LogP contribution < -0.4 is 15.3 Å². The molecule has 1 radical (unpaired) electrons. The molecule has 0 spiro atoms. The number of rotatable bonds is 45. The Morgan fingerprint density at radius 1 is 0.262 bits per heavy atom. The summed E-state index contributed by atoms with van der Waals surface area (Å²) in [6.45, 7) is 6.77. The monoisotopic (exact) mass is 984 g/mol. The first-order valence-electron chi connectivity index (χ1n) is 25.9. The quantitative estimate of drug-likeness (QED) is 0.0443. The van der Waals surface area contributed by atoms with Gasteiger partial charge in [0.05, 0.1) is 0 Å². The van der Waals surface area contributed by atoms with Crippen LogP contribution in [0.1, 0.15) is 290 Å². The Morgan fingerprint density at radius 2 is 0.410 bits per heavy atom. The number of allylic oxidation sites excluding steroid dienone is 6. The van der Waals surface area contributed by atoms with Gasteiger partial charge >= 0.3 is 41.7 Å². The minimum Gasteiger partial charge on any atom is -0.550 e. The molecule has 0 aliphatic heterocycles. The van der Waals surface area contributed by atoms with E-state index in [4.69, 9.17) is 0 Å². The van der Waals surface area contributed by atoms with Crippen molar-refractivity contribution in [2.24, 2.45) is 0 Å². The van der Waals surface area contributed by atoms with Crippen molar-refractivity contribution >= 4 is 17.9 Å². The molecule has 7 heteroatoms. The summed E-state index contributed by atoms with van der Waals surface area (Å²) < 4.78 is 0. The summed E-state index contributed by atoms with van der Waals surface area (Å²) in [5, 5.41) is 30.6. The van der Waals surface area contributed by atoms with Crippen LogP contribution in [-0.4, -0.2) is 17.9 Å². The van der Waals surface area contributed by atoms with Crippen LogP contribution in [0.15, 0.2) is 36.5 Å². The van der Waals surface area contributed by atoms with E-state index in [-0.39, 0.29) is 61.0 Å². The smallest absolute Gasteiger partial charge is 0.550 e. The summed E-state index contributed by atoms with van der Waals surface area (Å²) in [5.41, 5.74) is 0. The van der Waals surface area contributed by atoms with Gasteiger partial charge in [0.2, 0.25) is 0 Å². The Balaban J connectivity index is -0.000000396. The predicted molar refractivity (Wildman–Crippen MR) is 253 cm³/mol. The van der Waals surface area contributed by atoms with Crippen molar-refractivity contribution in [3.8, 4) is 0 Å². The maximum Gasteiger partial charge on any atom is 3.00 e. The second-order valence-electron chi connectivity index (χ2n) is 17.1. The SMILES string of the molecule is CCCCCCCC/C=C\CCCCCCCC(=O)[O-].CCCCCCCC/C=C\CCCCCCCC(=O)[O-].CCCCCCCC/C=C\CCCCCCCC(=O)[O-].[Ce+3]. The molecule has 0 saturated heterocycles. The van der Waals surface area contributed by atoms with Crippen molar-refractivity contribution in [1.82, 2.24) is 0 Å². The molecule has 6 nitrogen and oxygen atoms in total. The van der Waals surface area contributed by atoms with E-state index in [1.54, 1.807) is 0 Å². The minimum atomic E-state index is -0.914. The predicted octanol–water partition coefficient (Wildman–Crippen LogP) is 14.3. The van der Waals surface area contributed by atoms with Gasteiger partial charge in [-0.3, -0.25) is 0 Å². The van der Waals surface area contributed by atoms with E-state index in [2.05, 4.69) is 57.2 Å². The Kier molecular flexibility index (Phi) is 69.1. The van der Waals surface area contributed by atoms with Gasteiger partial charge in [0.1, 0.15) is 0 Å². The fourth-order valence-corrected chi connectivity index (χ4v) is 7.02. The molecule has 355 valence electrons. The second kappa shape index (κ2) is 63.3. The van der Waals surface area contributed by atoms with Crippen LogP contribution in [0.4, 0.5) is 0 Å². The summed E-state index contributed by atoms with van der Waals surface area (Å²) in [6.07, 6.45) is 62.7. The van der Waals surface area contributed by atoms with E-state index in [1.165, 1.54) is 193 Å². The first kappa shape index (κ1) is 66.6. The largest absolute Gasteiger partial charge is 3.00 e. The van der Waals surface area contributed by atoms with Gasteiger partial charge in [-0.2, -0.15) is 0 Å². The molecule has 0 aromatic heterocycles. The third-order valence-electron chi connectivity index (χ3n) is 10.9. The molecule has 0 bridgehead atoms. The van der Waals surface area contributed by atoms with Crippen molar-refractivity contribution in [2.45, 2.75) is 290 Å². The maximum absolute atomic E-state index is 10.2. The van der Waals surface area contributed by atoms with Gasteiger partial charge in [0, 0.05) is 17.9 Å². The molecule has 0 aromatic rings. The van der Waals surface area contributed by atoms with Crippen LogP contribution >= 0.6 is 0 Å². The van der Waals surface area contributed by atoms with E-state index in [0.717, 1.165) is 57.8 Å². The Bertz CT molecular complexity index is 827. The number of unbranched alkanes of at least 4 members (excludes halogenated alkanes) is 33. The molecule has 0 rings (SSSR count). The van der Waals surface area contributed by atoms with Gasteiger partial charge in [0.15, 0.2) is 0 Å². The number of hydrogen-bond donors (Lipinski definition) is 0. The molecule has 0 saturated carbocycles. The first-order valence-corrected chi connectivity index (χ1v) is 25.9. The normalized spacial score (nSPS) is 11.1. The van der Waals surface area contributed by atoms with Crippen LogP contribution in [0.2, 0.25) is 0 Å². The van der Waals surface area contributed by atoms with Gasteiger partial charge in [-0.25, -0.2) is 0 Å². The first-order chi connectivity index (χ1) is 29.3. The number of carbonyl (C=O) groups is 3. The maximum atomic E-state index is 10.2. The van der Waals surface area contributed by atoms with E-state index in [0.29, 0.717) is 0 Å². The molecular formula is C54H99CeO6. The number of carbonyl (C=O) groups excluding carboxylic acids is 3. The molecule has 0 atom stereocenters. The van der Waals surface area contributed by atoms with Gasteiger partial charge < -0.3 is 29.7 Å². The molecule has 61 heavy (non-hydrogen) atoms. The summed E-state index contributed by atoms with van der Waals surface area (Å²) in [4.78, 5) is 30.6. The van der Waals surface area contributed by atoms with Crippen molar-refractivity contribution in [1.29, 1.82) is 0 Å². The van der Waals surface area contributed by atoms with E-state index in [9.17, 15) is 29.7 Å². The van der Waals surface area contributed by atoms with Crippen molar-refractivity contribution in [3.05, 3.63) is 36.5 Å². The van der Waals surface area contributed by atoms with Crippen molar-refractivity contribution in [2.75, 3.05) is 0 Å². The Labute approximate surface area is 413 Å². The molecule has 0 aliphatic rings. The molecule has 0 unspecified atom stereocenters. The minimum absolute atomic E-state index is 0. The average Bonchev–Trinajstić information content (AvgIpc) is 3.22. The van der Waals surface area contributed by atoms with Crippen LogP contribution in [0.25, 0.3) is 0 Å². The molecule has 0 N–H and O–H groups in total. The molecule has 0 heterocycles. The summed E-state index contributed by atoms with van der Waals surface area (Å²) in [7, 11) is 0. The van der Waals surface area contributed by atoms with Gasteiger partial charge in [-0.15, -0.1) is 0 Å². The van der Waals surface area contributed by atoms with Crippen LogP contribution in [0.5, 0.6) is 0 Å². The van der Waals surface area contributed by atoms with Crippen LogP contribution in [-0.2, 0) is 14.4 Å². The fraction of sp³-hybridized carbons (Fsp3) is 0.833. The number of hydrogen-bond acceptors (Lipinski definition) is 6. The molecule has 0 fully saturated rings. The zero-order chi connectivity index (χ0) is 44.7.